The Labute approximate surface area is 113 Å². The van der Waals surface area contributed by atoms with E-state index in [9.17, 15) is 4.79 Å². The summed E-state index contributed by atoms with van der Waals surface area (Å²) in [6, 6.07) is 5.43. The second kappa shape index (κ2) is 5.59. The van der Waals surface area contributed by atoms with Gasteiger partial charge in [0, 0.05) is 31.9 Å². The number of carbonyl (C=O) groups is 1. The van der Waals surface area contributed by atoms with Gasteiger partial charge in [-0.25, -0.2) is 4.79 Å². The molecule has 104 valence electrons. The molecule has 1 aromatic carbocycles. The molecule has 0 bridgehead atoms. The molecule has 3 N–H and O–H groups in total. The first-order valence-electron chi connectivity index (χ1n) is 6.39. The van der Waals surface area contributed by atoms with Crippen molar-refractivity contribution in [3.63, 3.8) is 0 Å². The molecule has 1 heterocycles. The average molecular weight is 264 g/mol. The van der Waals surface area contributed by atoms with Crippen molar-refractivity contribution in [1.82, 2.24) is 0 Å². The molecule has 1 fully saturated rings. The van der Waals surface area contributed by atoms with E-state index in [1.54, 1.807) is 19.2 Å². The zero-order valence-electron chi connectivity index (χ0n) is 11.3. The van der Waals surface area contributed by atoms with Crippen LogP contribution in [0.3, 0.4) is 0 Å². The van der Waals surface area contributed by atoms with Gasteiger partial charge in [0.25, 0.3) is 0 Å². The van der Waals surface area contributed by atoms with Crippen molar-refractivity contribution in [2.45, 2.75) is 25.5 Å². The summed E-state index contributed by atoms with van der Waals surface area (Å²) in [5.74, 6) is -0.901. The largest absolute Gasteiger partial charge is 0.478 e. The third-order valence-electron chi connectivity index (χ3n) is 3.59. The maximum Gasteiger partial charge on any atom is 0.335 e. The molecule has 19 heavy (non-hydrogen) atoms. The number of carboxylic acids is 1. The lowest BCUT2D eigenvalue weighted by Gasteiger charge is -2.37. The minimum Gasteiger partial charge on any atom is -0.478 e. The average Bonchev–Trinajstić information content (AvgIpc) is 2.38. The maximum atomic E-state index is 11.1. The number of rotatable bonds is 3. The van der Waals surface area contributed by atoms with Crippen LogP contribution in [0.1, 0.15) is 22.3 Å². The summed E-state index contributed by atoms with van der Waals surface area (Å²) in [6.45, 7) is 3.42. The number of anilines is 1. The summed E-state index contributed by atoms with van der Waals surface area (Å²) in [7, 11) is 1.66. The fraction of sp³-hybridized carbons (Fsp3) is 0.500. The Bertz CT molecular complexity index is 476. The molecule has 1 aromatic rings. The first kappa shape index (κ1) is 13.8. The molecule has 2 unspecified atom stereocenters. The zero-order chi connectivity index (χ0) is 14.0. The Morgan fingerprint density at radius 2 is 2.21 bits per heavy atom. The predicted octanol–water partition coefficient (Wildman–Crippen LogP) is 1.25. The standard InChI is InChI=1S/C14H20N2O3/c1-9-5-10(14(17)18)7-11(6-9)16-4-3-12(15)13(8-16)19-2/h5-7,12-13H,3-4,8,15H2,1-2H3,(H,17,18). The van der Waals surface area contributed by atoms with Crippen LogP contribution in [0.4, 0.5) is 5.69 Å². The number of hydrogen-bond acceptors (Lipinski definition) is 4. The molecule has 1 saturated heterocycles. The molecule has 0 saturated carbocycles. The fourth-order valence-electron chi connectivity index (χ4n) is 2.49. The van der Waals surface area contributed by atoms with Crippen molar-refractivity contribution < 1.29 is 14.6 Å². The summed E-state index contributed by atoms with van der Waals surface area (Å²) in [5.41, 5.74) is 8.18. The number of methoxy groups -OCH3 is 1. The molecule has 0 radical (unpaired) electrons. The normalized spacial score (nSPS) is 23.4. The number of carboxylic acid groups (broad SMARTS) is 1. The molecule has 2 rings (SSSR count). The number of benzene rings is 1. The van der Waals surface area contributed by atoms with Gasteiger partial charge < -0.3 is 20.5 Å². The molecule has 5 nitrogen and oxygen atoms in total. The quantitative estimate of drug-likeness (QED) is 0.859. The van der Waals surface area contributed by atoms with E-state index in [4.69, 9.17) is 15.6 Å². The molecular weight excluding hydrogens is 244 g/mol. The van der Waals surface area contributed by atoms with Gasteiger partial charge >= 0.3 is 5.97 Å². The summed E-state index contributed by atoms with van der Waals surface area (Å²) in [4.78, 5) is 13.2. The number of ether oxygens (including phenoxy) is 1. The van der Waals surface area contributed by atoms with Gasteiger partial charge in [-0.3, -0.25) is 0 Å². The van der Waals surface area contributed by atoms with E-state index >= 15 is 0 Å². The third-order valence-corrected chi connectivity index (χ3v) is 3.59. The van der Waals surface area contributed by atoms with Crippen LogP contribution in [-0.4, -0.2) is 43.4 Å². The van der Waals surface area contributed by atoms with Crippen molar-refractivity contribution in [2.75, 3.05) is 25.1 Å². The summed E-state index contributed by atoms with van der Waals surface area (Å²) in [6.07, 6.45) is 0.831. The van der Waals surface area contributed by atoms with Crippen molar-refractivity contribution in [2.24, 2.45) is 5.73 Å². The van der Waals surface area contributed by atoms with Crippen LogP contribution in [-0.2, 0) is 4.74 Å². The predicted molar refractivity (Wildman–Crippen MR) is 73.7 cm³/mol. The van der Waals surface area contributed by atoms with Crippen LogP contribution in [0.15, 0.2) is 18.2 Å². The monoisotopic (exact) mass is 264 g/mol. The lowest BCUT2D eigenvalue weighted by Crippen LogP contribution is -2.51. The first-order valence-corrected chi connectivity index (χ1v) is 6.39. The summed E-state index contributed by atoms with van der Waals surface area (Å²) in [5, 5.41) is 9.11. The fourth-order valence-corrected chi connectivity index (χ4v) is 2.49. The van der Waals surface area contributed by atoms with Crippen LogP contribution in [0.2, 0.25) is 0 Å². The Balaban J connectivity index is 2.24. The van der Waals surface area contributed by atoms with Gasteiger partial charge in [0.1, 0.15) is 0 Å². The smallest absolute Gasteiger partial charge is 0.335 e. The molecule has 1 aliphatic rings. The SMILES string of the molecule is COC1CN(c2cc(C)cc(C(=O)O)c2)CCC1N. The van der Waals surface area contributed by atoms with Crippen molar-refractivity contribution in [3.05, 3.63) is 29.3 Å². The maximum absolute atomic E-state index is 11.1. The molecule has 0 amide bonds. The van der Waals surface area contributed by atoms with E-state index in [2.05, 4.69) is 4.90 Å². The number of piperidine rings is 1. The van der Waals surface area contributed by atoms with Gasteiger partial charge in [-0.1, -0.05) is 0 Å². The highest BCUT2D eigenvalue weighted by molar-refractivity contribution is 5.89. The van der Waals surface area contributed by atoms with Crippen LogP contribution >= 0.6 is 0 Å². The van der Waals surface area contributed by atoms with Crippen molar-refractivity contribution in [1.29, 1.82) is 0 Å². The van der Waals surface area contributed by atoms with Gasteiger partial charge in [0.05, 0.1) is 11.7 Å². The van der Waals surface area contributed by atoms with Crippen molar-refractivity contribution >= 4 is 11.7 Å². The first-order chi connectivity index (χ1) is 9.01. The Hall–Kier alpha value is -1.59. The minimum absolute atomic E-state index is 0.0115. The lowest BCUT2D eigenvalue weighted by atomic mass is 10.0. The number of hydrogen-bond donors (Lipinski definition) is 2. The van der Waals surface area contributed by atoms with Gasteiger partial charge in [-0.15, -0.1) is 0 Å². The Morgan fingerprint density at radius 1 is 1.47 bits per heavy atom. The van der Waals surface area contributed by atoms with Crippen LogP contribution in [0.5, 0.6) is 0 Å². The molecule has 1 aliphatic heterocycles. The van der Waals surface area contributed by atoms with Crippen LogP contribution in [0, 0.1) is 6.92 Å². The summed E-state index contributed by atoms with van der Waals surface area (Å²) >= 11 is 0. The minimum atomic E-state index is -0.901. The molecule has 2 atom stereocenters. The molecule has 5 heteroatoms. The van der Waals surface area contributed by atoms with E-state index in [-0.39, 0.29) is 12.1 Å². The molecule has 0 spiro atoms. The van der Waals surface area contributed by atoms with Gasteiger partial charge in [-0.2, -0.15) is 0 Å². The highest BCUT2D eigenvalue weighted by Gasteiger charge is 2.27. The van der Waals surface area contributed by atoms with E-state index in [1.165, 1.54) is 0 Å². The second-order valence-corrected chi connectivity index (χ2v) is 5.04. The Morgan fingerprint density at radius 3 is 2.84 bits per heavy atom. The third kappa shape index (κ3) is 3.05. The van der Waals surface area contributed by atoms with Crippen LogP contribution in [0.25, 0.3) is 0 Å². The number of nitrogens with zero attached hydrogens (tertiary/aromatic N) is 1. The van der Waals surface area contributed by atoms with E-state index in [0.29, 0.717) is 12.1 Å². The van der Waals surface area contributed by atoms with Crippen LogP contribution < -0.4 is 10.6 Å². The second-order valence-electron chi connectivity index (χ2n) is 5.04. The number of nitrogens with two attached hydrogens (primary N) is 1. The number of aryl methyl sites for hydroxylation is 1. The van der Waals surface area contributed by atoms with Gasteiger partial charge in [0.2, 0.25) is 0 Å². The summed E-state index contributed by atoms with van der Waals surface area (Å²) < 4.78 is 5.38. The lowest BCUT2D eigenvalue weighted by molar-refractivity contribution is 0.0696. The van der Waals surface area contributed by atoms with Gasteiger partial charge in [-0.05, 0) is 37.1 Å². The highest BCUT2D eigenvalue weighted by atomic mass is 16.5. The molecule has 0 aliphatic carbocycles. The zero-order valence-corrected chi connectivity index (χ0v) is 11.3. The van der Waals surface area contributed by atoms with E-state index < -0.39 is 5.97 Å². The van der Waals surface area contributed by atoms with Crippen molar-refractivity contribution in [3.8, 4) is 0 Å². The number of aromatic carboxylic acids is 1. The van der Waals surface area contributed by atoms with E-state index in [1.807, 2.05) is 13.0 Å². The Kier molecular flexibility index (Phi) is 4.07. The highest BCUT2D eigenvalue weighted by Crippen LogP contribution is 2.23. The topological polar surface area (TPSA) is 75.8 Å². The van der Waals surface area contributed by atoms with Gasteiger partial charge in [0.15, 0.2) is 0 Å². The molecular formula is C14H20N2O3. The van der Waals surface area contributed by atoms with E-state index in [0.717, 1.165) is 24.2 Å². The molecule has 0 aromatic heterocycles.